The average Bonchev–Trinajstić information content (AvgIpc) is 2.55. The standard InChI is InChI=1S/C18H18BrNO4/c1-11-6-5-8-14(17(11)22)18(23)24-10-16(21)20-12(2)13-7-3-4-9-15(13)19/h3-9,12,22H,10H2,1-2H3,(H,20,21)/t12-/m1/s1. The van der Waals surface area contributed by atoms with Crippen molar-refractivity contribution in [2.24, 2.45) is 0 Å². The van der Waals surface area contributed by atoms with Gasteiger partial charge in [-0.05, 0) is 37.1 Å². The topological polar surface area (TPSA) is 75.6 Å². The minimum absolute atomic E-state index is 0.0432. The summed E-state index contributed by atoms with van der Waals surface area (Å²) >= 11 is 3.43. The molecule has 0 aliphatic rings. The fraction of sp³-hybridized carbons (Fsp3) is 0.222. The molecule has 2 N–H and O–H groups in total. The number of para-hydroxylation sites is 1. The summed E-state index contributed by atoms with van der Waals surface area (Å²) in [4.78, 5) is 23.9. The summed E-state index contributed by atoms with van der Waals surface area (Å²) in [5.74, 6) is -1.29. The zero-order valence-electron chi connectivity index (χ0n) is 13.4. The van der Waals surface area contributed by atoms with Gasteiger partial charge in [-0.1, -0.05) is 46.3 Å². The van der Waals surface area contributed by atoms with Gasteiger partial charge in [0.1, 0.15) is 11.3 Å². The number of carbonyl (C=O) groups excluding carboxylic acids is 2. The van der Waals surface area contributed by atoms with Gasteiger partial charge < -0.3 is 15.2 Å². The van der Waals surface area contributed by atoms with Gasteiger partial charge in [0.05, 0.1) is 6.04 Å². The van der Waals surface area contributed by atoms with Crippen LogP contribution in [0.2, 0.25) is 0 Å². The number of phenols is 1. The number of aryl methyl sites for hydroxylation is 1. The molecule has 0 spiro atoms. The van der Waals surface area contributed by atoms with Gasteiger partial charge in [0.2, 0.25) is 0 Å². The first-order chi connectivity index (χ1) is 11.4. The summed E-state index contributed by atoms with van der Waals surface area (Å²) in [6.45, 7) is 3.10. The van der Waals surface area contributed by atoms with Gasteiger partial charge in [-0.25, -0.2) is 4.79 Å². The Balaban J connectivity index is 1.92. The number of benzene rings is 2. The van der Waals surface area contributed by atoms with Crippen LogP contribution in [0.25, 0.3) is 0 Å². The summed E-state index contributed by atoms with van der Waals surface area (Å²) in [6, 6.07) is 12.1. The van der Waals surface area contributed by atoms with Crippen LogP contribution < -0.4 is 5.32 Å². The molecular weight excluding hydrogens is 374 g/mol. The van der Waals surface area contributed by atoms with Gasteiger partial charge in [0.15, 0.2) is 6.61 Å². The fourth-order valence-electron chi connectivity index (χ4n) is 2.22. The minimum atomic E-state index is -0.736. The Hall–Kier alpha value is -2.34. The van der Waals surface area contributed by atoms with Crippen molar-refractivity contribution in [3.63, 3.8) is 0 Å². The molecule has 2 aromatic rings. The summed E-state index contributed by atoms with van der Waals surface area (Å²) < 4.78 is 5.86. The van der Waals surface area contributed by atoms with E-state index in [9.17, 15) is 14.7 Å². The van der Waals surface area contributed by atoms with E-state index in [1.807, 2.05) is 31.2 Å². The number of phenolic OH excluding ortho intramolecular Hbond substituents is 1. The number of amides is 1. The van der Waals surface area contributed by atoms with Crippen LogP contribution in [0.4, 0.5) is 0 Å². The van der Waals surface area contributed by atoms with Gasteiger partial charge >= 0.3 is 5.97 Å². The number of hydrogen-bond acceptors (Lipinski definition) is 4. The molecule has 0 heterocycles. The molecule has 0 aromatic heterocycles. The molecule has 126 valence electrons. The molecule has 2 rings (SSSR count). The van der Waals surface area contributed by atoms with Gasteiger partial charge in [0.25, 0.3) is 5.91 Å². The van der Waals surface area contributed by atoms with E-state index < -0.39 is 18.5 Å². The Kier molecular flexibility index (Phi) is 5.98. The van der Waals surface area contributed by atoms with Crippen LogP contribution in [0.1, 0.15) is 34.5 Å². The van der Waals surface area contributed by atoms with Crippen molar-refractivity contribution < 1.29 is 19.4 Å². The number of hydrogen-bond donors (Lipinski definition) is 2. The predicted molar refractivity (Wildman–Crippen MR) is 93.8 cm³/mol. The maximum Gasteiger partial charge on any atom is 0.342 e. The lowest BCUT2D eigenvalue weighted by Crippen LogP contribution is -2.31. The SMILES string of the molecule is Cc1cccc(C(=O)OCC(=O)N[C@H](C)c2ccccc2Br)c1O. The second kappa shape index (κ2) is 7.97. The van der Waals surface area contributed by atoms with Gasteiger partial charge in [0, 0.05) is 4.47 Å². The lowest BCUT2D eigenvalue weighted by Gasteiger charge is -2.16. The minimum Gasteiger partial charge on any atom is -0.507 e. The van der Waals surface area contributed by atoms with E-state index in [1.54, 1.807) is 19.1 Å². The molecule has 6 heteroatoms. The number of carbonyl (C=O) groups is 2. The first-order valence-electron chi connectivity index (χ1n) is 7.39. The Morgan fingerprint density at radius 2 is 1.92 bits per heavy atom. The third-order valence-electron chi connectivity index (χ3n) is 3.54. The number of nitrogens with one attached hydrogen (secondary N) is 1. The molecule has 0 unspecified atom stereocenters. The van der Waals surface area contributed by atoms with Crippen LogP contribution in [0.3, 0.4) is 0 Å². The highest BCUT2D eigenvalue weighted by molar-refractivity contribution is 9.10. The maximum atomic E-state index is 12.0. The lowest BCUT2D eigenvalue weighted by atomic mass is 10.1. The number of aromatic hydroxyl groups is 1. The van der Waals surface area contributed by atoms with Crippen LogP contribution in [-0.4, -0.2) is 23.6 Å². The second-order valence-corrected chi connectivity index (χ2v) is 6.21. The van der Waals surface area contributed by atoms with Crippen LogP contribution in [0.5, 0.6) is 5.75 Å². The van der Waals surface area contributed by atoms with Gasteiger partial charge in [-0.15, -0.1) is 0 Å². The van der Waals surface area contributed by atoms with E-state index >= 15 is 0 Å². The Bertz CT molecular complexity index is 760. The zero-order chi connectivity index (χ0) is 17.7. The van der Waals surface area contributed by atoms with Crippen LogP contribution in [0, 0.1) is 6.92 Å². The highest BCUT2D eigenvalue weighted by Crippen LogP contribution is 2.23. The fourth-order valence-corrected chi connectivity index (χ4v) is 2.85. The van der Waals surface area contributed by atoms with Crippen molar-refractivity contribution >= 4 is 27.8 Å². The van der Waals surface area contributed by atoms with E-state index in [1.165, 1.54) is 6.07 Å². The molecule has 5 nitrogen and oxygen atoms in total. The van der Waals surface area contributed by atoms with E-state index in [4.69, 9.17) is 4.74 Å². The van der Waals surface area contributed by atoms with E-state index in [0.29, 0.717) is 5.56 Å². The third-order valence-corrected chi connectivity index (χ3v) is 4.26. The molecular formula is C18H18BrNO4. The smallest absolute Gasteiger partial charge is 0.342 e. The Morgan fingerprint density at radius 1 is 1.21 bits per heavy atom. The van der Waals surface area contributed by atoms with E-state index in [2.05, 4.69) is 21.2 Å². The number of esters is 1. The van der Waals surface area contributed by atoms with Crippen LogP contribution in [0.15, 0.2) is 46.9 Å². The summed E-state index contributed by atoms with van der Waals surface area (Å²) in [5.41, 5.74) is 1.53. The molecule has 24 heavy (non-hydrogen) atoms. The molecule has 0 saturated heterocycles. The monoisotopic (exact) mass is 391 g/mol. The summed E-state index contributed by atoms with van der Waals surface area (Å²) in [7, 11) is 0. The van der Waals surface area contributed by atoms with Crippen molar-refractivity contribution in [3.8, 4) is 5.75 Å². The molecule has 0 fully saturated rings. The summed E-state index contributed by atoms with van der Waals surface area (Å²) in [5, 5.41) is 12.6. The van der Waals surface area contributed by atoms with Crippen molar-refractivity contribution in [2.75, 3.05) is 6.61 Å². The van der Waals surface area contributed by atoms with E-state index in [-0.39, 0.29) is 17.4 Å². The van der Waals surface area contributed by atoms with Crippen LogP contribution >= 0.6 is 15.9 Å². The highest BCUT2D eigenvalue weighted by atomic mass is 79.9. The summed E-state index contributed by atoms with van der Waals surface area (Å²) in [6.07, 6.45) is 0. The third kappa shape index (κ3) is 4.35. The lowest BCUT2D eigenvalue weighted by molar-refractivity contribution is -0.124. The molecule has 1 amide bonds. The number of rotatable bonds is 5. The first-order valence-corrected chi connectivity index (χ1v) is 8.19. The second-order valence-electron chi connectivity index (χ2n) is 5.36. The van der Waals surface area contributed by atoms with Crippen molar-refractivity contribution in [1.82, 2.24) is 5.32 Å². The molecule has 1 atom stereocenters. The van der Waals surface area contributed by atoms with Crippen molar-refractivity contribution in [1.29, 1.82) is 0 Å². The highest BCUT2D eigenvalue weighted by Gasteiger charge is 2.17. The average molecular weight is 392 g/mol. The largest absolute Gasteiger partial charge is 0.507 e. The normalized spacial score (nSPS) is 11.6. The molecule has 0 aliphatic carbocycles. The van der Waals surface area contributed by atoms with Gasteiger partial charge in [-0.3, -0.25) is 4.79 Å². The zero-order valence-corrected chi connectivity index (χ0v) is 15.0. The van der Waals surface area contributed by atoms with Crippen molar-refractivity contribution in [3.05, 3.63) is 63.6 Å². The van der Waals surface area contributed by atoms with E-state index in [0.717, 1.165) is 10.0 Å². The molecule has 0 bridgehead atoms. The molecule has 0 aliphatic heterocycles. The quantitative estimate of drug-likeness (QED) is 0.764. The maximum absolute atomic E-state index is 12.0. The Morgan fingerprint density at radius 3 is 2.62 bits per heavy atom. The van der Waals surface area contributed by atoms with Gasteiger partial charge in [-0.2, -0.15) is 0 Å². The predicted octanol–water partition coefficient (Wildman–Crippen LogP) is 3.50. The van der Waals surface area contributed by atoms with Crippen LogP contribution in [-0.2, 0) is 9.53 Å². The molecule has 0 saturated carbocycles. The number of ether oxygens (including phenoxy) is 1. The number of halogens is 1. The Labute approximate surface area is 148 Å². The van der Waals surface area contributed by atoms with Crippen molar-refractivity contribution in [2.45, 2.75) is 19.9 Å². The first kappa shape index (κ1) is 18.0. The molecule has 0 radical (unpaired) electrons. The molecule has 2 aromatic carbocycles.